The van der Waals surface area contributed by atoms with Gasteiger partial charge in [0, 0.05) is 6.42 Å². The monoisotopic (exact) mass is 158 g/mol. The van der Waals surface area contributed by atoms with Crippen LogP contribution in [0.5, 0.6) is 0 Å². The van der Waals surface area contributed by atoms with Crippen molar-refractivity contribution in [1.29, 1.82) is 0 Å². The molecule has 0 N–H and O–H groups in total. The minimum absolute atomic E-state index is 0.212. The fourth-order valence-corrected chi connectivity index (χ4v) is 1.46. The Morgan fingerprint density at radius 2 is 2.50 bits per heavy atom. The molecule has 1 aliphatic rings. The maximum absolute atomic E-state index is 10.4. The second kappa shape index (κ2) is 3.77. The smallest absolute Gasteiger partial charge is 0.222 e. The molecule has 10 heavy (non-hydrogen) atoms. The molecule has 0 fully saturated rings. The molecular weight excluding hydrogens is 148 g/mol. The molecule has 0 amide bonds. The highest BCUT2D eigenvalue weighted by molar-refractivity contribution is 6.63. The zero-order chi connectivity index (χ0) is 7.40. The molecule has 0 bridgehead atoms. The number of carbonyl (C=O) groups excluding carboxylic acids is 1. The fraction of sp³-hybridized carbons (Fsp3) is 0.625. The van der Waals surface area contributed by atoms with Gasteiger partial charge in [0.25, 0.3) is 0 Å². The van der Waals surface area contributed by atoms with Gasteiger partial charge < -0.3 is 0 Å². The summed E-state index contributed by atoms with van der Waals surface area (Å²) in [6, 6.07) is 0. The highest BCUT2D eigenvalue weighted by atomic mass is 35.5. The molecule has 0 aromatic heterocycles. The standard InChI is InChI=1S/C8H11ClO/c9-8(10)6-7-4-2-1-3-5-7/h2,4,7H,1,3,5-6H2/t7-/m1/s1. The molecule has 56 valence electrons. The molecular formula is C8H11ClO. The predicted octanol–water partition coefficient (Wildman–Crippen LogP) is 2.50. The summed E-state index contributed by atoms with van der Waals surface area (Å²) in [5.74, 6) is 0.416. The molecule has 0 aromatic carbocycles. The maximum Gasteiger partial charge on any atom is 0.222 e. The number of carbonyl (C=O) groups is 1. The summed E-state index contributed by atoms with van der Waals surface area (Å²) < 4.78 is 0. The maximum atomic E-state index is 10.4. The van der Waals surface area contributed by atoms with Crippen LogP contribution in [-0.4, -0.2) is 5.24 Å². The van der Waals surface area contributed by atoms with Crippen molar-refractivity contribution >= 4 is 16.8 Å². The number of allylic oxidation sites excluding steroid dienone is 2. The van der Waals surface area contributed by atoms with Crippen molar-refractivity contribution in [2.75, 3.05) is 0 Å². The highest BCUT2D eigenvalue weighted by Gasteiger charge is 2.10. The topological polar surface area (TPSA) is 17.1 Å². The molecule has 2 heteroatoms. The van der Waals surface area contributed by atoms with E-state index in [9.17, 15) is 4.79 Å². The van der Waals surface area contributed by atoms with E-state index in [1.165, 1.54) is 6.42 Å². The third kappa shape index (κ3) is 2.53. The van der Waals surface area contributed by atoms with E-state index in [0.717, 1.165) is 12.8 Å². The summed E-state index contributed by atoms with van der Waals surface area (Å²) in [6.07, 6.45) is 8.23. The van der Waals surface area contributed by atoms with E-state index in [0.29, 0.717) is 12.3 Å². The Hall–Kier alpha value is -0.300. The SMILES string of the molecule is O=C(Cl)C[C@@H]1C=CCCC1. The molecule has 1 rings (SSSR count). The van der Waals surface area contributed by atoms with Crippen molar-refractivity contribution < 1.29 is 4.79 Å². The van der Waals surface area contributed by atoms with Gasteiger partial charge in [-0.25, -0.2) is 0 Å². The summed E-state index contributed by atoms with van der Waals surface area (Å²) in [5, 5.41) is -0.212. The van der Waals surface area contributed by atoms with Crippen LogP contribution in [0, 0.1) is 5.92 Å². The Balaban J connectivity index is 2.33. The van der Waals surface area contributed by atoms with Crippen LogP contribution in [0.3, 0.4) is 0 Å². The van der Waals surface area contributed by atoms with E-state index >= 15 is 0 Å². The predicted molar refractivity (Wildman–Crippen MR) is 42.0 cm³/mol. The van der Waals surface area contributed by atoms with Crippen molar-refractivity contribution in [1.82, 2.24) is 0 Å². The Morgan fingerprint density at radius 3 is 3.00 bits per heavy atom. The van der Waals surface area contributed by atoms with Gasteiger partial charge in [-0.3, -0.25) is 4.79 Å². The lowest BCUT2D eigenvalue weighted by molar-refractivity contribution is -0.112. The summed E-state index contributed by atoms with van der Waals surface area (Å²) in [7, 11) is 0. The van der Waals surface area contributed by atoms with Gasteiger partial charge in [-0.15, -0.1) is 0 Å². The van der Waals surface area contributed by atoms with Crippen molar-refractivity contribution in [2.24, 2.45) is 5.92 Å². The average Bonchev–Trinajstić information content (AvgIpc) is 1.88. The number of hydrogen-bond donors (Lipinski definition) is 0. The van der Waals surface area contributed by atoms with E-state index in [1.54, 1.807) is 0 Å². The van der Waals surface area contributed by atoms with Gasteiger partial charge in [0.15, 0.2) is 0 Å². The van der Waals surface area contributed by atoms with E-state index in [1.807, 2.05) is 0 Å². The van der Waals surface area contributed by atoms with E-state index < -0.39 is 0 Å². The summed E-state index contributed by atoms with van der Waals surface area (Å²) >= 11 is 5.24. The zero-order valence-electron chi connectivity index (χ0n) is 5.85. The molecule has 0 saturated heterocycles. The third-order valence-corrected chi connectivity index (χ3v) is 1.93. The first kappa shape index (κ1) is 7.80. The number of rotatable bonds is 2. The minimum Gasteiger partial charge on any atom is -0.281 e. The molecule has 0 heterocycles. The van der Waals surface area contributed by atoms with Crippen molar-refractivity contribution in [2.45, 2.75) is 25.7 Å². The normalized spacial score (nSPS) is 24.7. The van der Waals surface area contributed by atoms with Crippen molar-refractivity contribution in [3.8, 4) is 0 Å². The number of halogens is 1. The second-order valence-electron chi connectivity index (χ2n) is 2.68. The lowest BCUT2D eigenvalue weighted by atomic mass is 9.94. The van der Waals surface area contributed by atoms with E-state index in [2.05, 4.69) is 12.2 Å². The van der Waals surface area contributed by atoms with Crippen LogP contribution in [0.1, 0.15) is 25.7 Å². The van der Waals surface area contributed by atoms with Crippen LogP contribution in [-0.2, 0) is 4.79 Å². The van der Waals surface area contributed by atoms with Crippen LogP contribution in [0.15, 0.2) is 12.2 Å². The quantitative estimate of drug-likeness (QED) is 0.446. The minimum atomic E-state index is -0.212. The van der Waals surface area contributed by atoms with Crippen molar-refractivity contribution in [3.63, 3.8) is 0 Å². The summed E-state index contributed by atoms with van der Waals surface area (Å²) in [4.78, 5) is 10.4. The van der Waals surface area contributed by atoms with Gasteiger partial charge in [-0.2, -0.15) is 0 Å². The lowest BCUT2D eigenvalue weighted by Gasteiger charge is -2.12. The third-order valence-electron chi connectivity index (χ3n) is 1.78. The summed E-state index contributed by atoms with van der Waals surface area (Å²) in [6.45, 7) is 0. The van der Waals surface area contributed by atoms with Crippen LogP contribution in [0.25, 0.3) is 0 Å². The van der Waals surface area contributed by atoms with Gasteiger partial charge in [0.05, 0.1) is 0 Å². The van der Waals surface area contributed by atoms with Gasteiger partial charge in [-0.1, -0.05) is 12.2 Å². The molecule has 0 spiro atoms. The van der Waals surface area contributed by atoms with Gasteiger partial charge >= 0.3 is 0 Å². The molecule has 1 aliphatic carbocycles. The van der Waals surface area contributed by atoms with Gasteiger partial charge in [0.2, 0.25) is 5.24 Å². The molecule has 1 nitrogen and oxygen atoms in total. The first-order valence-electron chi connectivity index (χ1n) is 3.64. The lowest BCUT2D eigenvalue weighted by Crippen LogP contribution is -2.03. The molecule has 1 atom stereocenters. The molecule has 0 aliphatic heterocycles. The second-order valence-corrected chi connectivity index (χ2v) is 3.10. The highest BCUT2D eigenvalue weighted by Crippen LogP contribution is 2.20. The Morgan fingerprint density at radius 1 is 1.70 bits per heavy atom. The van der Waals surface area contributed by atoms with Crippen LogP contribution >= 0.6 is 11.6 Å². The Kier molecular flexibility index (Phi) is 2.94. The molecule has 0 radical (unpaired) electrons. The largest absolute Gasteiger partial charge is 0.281 e. The molecule has 0 saturated carbocycles. The average molecular weight is 159 g/mol. The number of hydrogen-bond acceptors (Lipinski definition) is 1. The van der Waals surface area contributed by atoms with Crippen LogP contribution < -0.4 is 0 Å². The summed E-state index contributed by atoms with van der Waals surface area (Å²) in [5.41, 5.74) is 0. The Bertz CT molecular complexity index is 151. The first-order valence-corrected chi connectivity index (χ1v) is 4.02. The zero-order valence-corrected chi connectivity index (χ0v) is 6.60. The first-order chi connectivity index (χ1) is 4.79. The Labute approximate surface area is 66.1 Å². The molecule has 0 aromatic rings. The van der Waals surface area contributed by atoms with Crippen LogP contribution in [0.2, 0.25) is 0 Å². The fourth-order valence-electron chi connectivity index (χ4n) is 1.26. The van der Waals surface area contributed by atoms with Gasteiger partial charge in [0.1, 0.15) is 0 Å². The van der Waals surface area contributed by atoms with Gasteiger partial charge in [-0.05, 0) is 36.8 Å². The van der Waals surface area contributed by atoms with E-state index in [4.69, 9.17) is 11.6 Å². The molecule has 0 unspecified atom stereocenters. The van der Waals surface area contributed by atoms with Crippen LogP contribution in [0.4, 0.5) is 0 Å². The van der Waals surface area contributed by atoms with E-state index in [-0.39, 0.29) is 5.24 Å². The van der Waals surface area contributed by atoms with Crippen molar-refractivity contribution in [3.05, 3.63) is 12.2 Å².